The van der Waals surface area contributed by atoms with Crippen LogP contribution in [0.2, 0.25) is 0 Å². The van der Waals surface area contributed by atoms with Gasteiger partial charge in [-0.3, -0.25) is 9.36 Å². The number of benzene rings is 1. The summed E-state index contributed by atoms with van der Waals surface area (Å²) in [7, 11) is 0. The van der Waals surface area contributed by atoms with E-state index < -0.39 is 0 Å². The standard InChI is InChI=1S/C18H19N3OS/c1-2-5-16-20-13-6-3-4-7-14(13)21(16)17-11-10-15(23-17)18(22)19-12-8-9-12/h3-4,6-7,10-12H,2,5,8-9H2,1H3,(H,19,22). The molecule has 0 atom stereocenters. The Morgan fingerprint density at radius 3 is 2.91 bits per heavy atom. The number of para-hydroxylation sites is 2. The van der Waals surface area contributed by atoms with Gasteiger partial charge in [0.15, 0.2) is 0 Å². The minimum Gasteiger partial charge on any atom is -0.349 e. The molecule has 118 valence electrons. The Balaban J connectivity index is 1.74. The zero-order chi connectivity index (χ0) is 15.8. The van der Waals surface area contributed by atoms with Gasteiger partial charge >= 0.3 is 0 Å². The predicted molar refractivity (Wildman–Crippen MR) is 93.4 cm³/mol. The van der Waals surface area contributed by atoms with Crippen LogP contribution < -0.4 is 5.32 Å². The van der Waals surface area contributed by atoms with Crippen molar-refractivity contribution in [1.82, 2.24) is 14.9 Å². The Morgan fingerprint density at radius 2 is 2.13 bits per heavy atom. The van der Waals surface area contributed by atoms with Crippen molar-refractivity contribution in [1.29, 1.82) is 0 Å². The summed E-state index contributed by atoms with van der Waals surface area (Å²) in [5.74, 6) is 1.11. The zero-order valence-corrected chi connectivity index (χ0v) is 13.9. The van der Waals surface area contributed by atoms with E-state index in [1.165, 1.54) is 11.3 Å². The second-order valence-corrected chi connectivity index (χ2v) is 7.05. The van der Waals surface area contributed by atoms with Crippen LogP contribution in [0.4, 0.5) is 0 Å². The summed E-state index contributed by atoms with van der Waals surface area (Å²) in [6.45, 7) is 2.16. The molecule has 0 unspecified atom stereocenters. The maximum absolute atomic E-state index is 12.2. The van der Waals surface area contributed by atoms with Gasteiger partial charge in [0.05, 0.1) is 15.9 Å². The highest BCUT2D eigenvalue weighted by atomic mass is 32.1. The molecule has 0 aliphatic heterocycles. The Labute approximate surface area is 139 Å². The first-order valence-corrected chi connectivity index (χ1v) is 8.95. The van der Waals surface area contributed by atoms with Crippen LogP contribution in [-0.2, 0) is 6.42 Å². The number of aromatic nitrogens is 2. The monoisotopic (exact) mass is 325 g/mol. The summed E-state index contributed by atoms with van der Waals surface area (Å²) in [6, 6.07) is 12.5. The first-order valence-electron chi connectivity index (χ1n) is 8.13. The highest BCUT2D eigenvalue weighted by Gasteiger charge is 2.24. The summed E-state index contributed by atoms with van der Waals surface area (Å²) in [6.07, 6.45) is 4.19. The fraction of sp³-hybridized carbons (Fsp3) is 0.333. The SMILES string of the molecule is CCCc1nc2ccccc2n1-c1ccc(C(=O)NC2CC2)s1. The van der Waals surface area contributed by atoms with E-state index >= 15 is 0 Å². The predicted octanol–water partition coefficient (Wildman–Crippen LogP) is 3.93. The number of nitrogens with zero attached hydrogens (tertiary/aromatic N) is 2. The second-order valence-electron chi connectivity index (χ2n) is 5.99. The summed E-state index contributed by atoms with van der Waals surface area (Å²) >= 11 is 1.53. The topological polar surface area (TPSA) is 46.9 Å². The molecule has 1 fully saturated rings. The quantitative estimate of drug-likeness (QED) is 0.772. The molecule has 3 aromatic rings. The van der Waals surface area contributed by atoms with Crippen molar-refractivity contribution >= 4 is 28.3 Å². The molecule has 0 saturated heterocycles. The Morgan fingerprint density at radius 1 is 1.30 bits per heavy atom. The molecule has 0 spiro atoms. The second kappa shape index (κ2) is 5.81. The first kappa shape index (κ1) is 14.5. The summed E-state index contributed by atoms with van der Waals surface area (Å²) in [5.41, 5.74) is 2.11. The molecular weight excluding hydrogens is 306 g/mol. The van der Waals surface area contributed by atoms with Crippen LogP contribution in [0.15, 0.2) is 36.4 Å². The lowest BCUT2D eigenvalue weighted by atomic mass is 10.3. The van der Waals surface area contributed by atoms with Crippen molar-refractivity contribution < 1.29 is 4.79 Å². The molecule has 4 nitrogen and oxygen atoms in total. The molecular formula is C18H19N3OS. The van der Waals surface area contributed by atoms with E-state index in [9.17, 15) is 4.79 Å². The van der Waals surface area contributed by atoms with Crippen LogP contribution in [0, 0.1) is 0 Å². The van der Waals surface area contributed by atoms with Gasteiger partial charge in [-0.05, 0) is 43.5 Å². The van der Waals surface area contributed by atoms with Gasteiger partial charge in [0, 0.05) is 12.5 Å². The lowest BCUT2D eigenvalue weighted by molar-refractivity contribution is 0.0955. The van der Waals surface area contributed by atoms with Crippen molar-refractivity contribution in [3.63, 3.8) is 0 Å². The van der Waals surface area contributed by atoms with Gasteiger partial charge in [-0.1, -0.05) is 19.1 Å². The van der Waals surface area contributed by atoms with E-state index in [0.717, 1.165) is 52.4 Å². The number of aryl methyl sites for hydroxylation is 1. The molecule has 1 N–H and O–H groups in total. The van der Waals surface area contributed by atoms with Crippen molar-refractivity contribution in [2.24, 2.45) is 0 Å². The molecule has 1 aliphatic rings. The average molecular weight is 325 g/mol. The zero-order valence-electron chi connectivity index (χ0n) is 13.1. The molecule has 1 amide bonds. The third kappa shape index (κ3) is 2.77. The first-order chi connectivity index (χ1) is 11.3. The molecule has 2 aromatic heterocycles. The van der Waals surface area contributed by atoms with Crippen LogP contribution in [0.3, 0.4) is 0 Å². The smallest absolute Gasteiger partial charge is 0.261 e. The highest BCUT2D eigenvalue weighted by molar-refractivity contribution is 7.16. The van der Waals surface area contributed by atoms with Gasteiger partial charge in [-0.15, -0.1) is 11.3 Å². The third-order valence-corrected chi connectivity index (χ3v) is 5.12. The van der Waals surface area contributed by atoms with Crippen molar-refractivity contribution in [2.45, 2.75) is 38.6 Å². The molecule has 0 bridgehead atoms. The van der Waals surface area contributed by atoms with Gasteiger partial charge in [0.1, 0.15) is 10.8 Å². The van der Waals surface area contributed by atoms with E-state index in [1.54, 1.807) is 0 Å². The van der Waals surface area contributed by atoms with Crippen LogP contribution in [0.5, 0.6) is 0 Å². The van der Waals surface area contributed by atoms with Crippen LogP contribution in [0.1, 0.15) is 41.7 Å². The molecule has 1 saturated carbocycles. The summed E-state index contributed by atoms with van der Waals surface area (Å²) < 4.78 is 2.19. The van der Waals surface area contributed by atoms with E-state index in [1.807, 2.05) is 30.3 Å². The highest BCUT2D eigenvalue weighted by Crippen LogP contribution is 2.28. The van der Waals surface area contributed by atoms with Gasteiger partial charge in [0.2, 0.25) is 0 Å². The van der Waals surface area contributed by atoms with Crippen molar-refractivity contribution in [3.05, 3.63) is 47.1 Å². The number of nitrogens with one attached hydrogen (secondary N) is 1. The number of imidazole rings is 1. The van der Waals surface area contributed by atoms with Crippen LogP contribution in [0.25, 0.3) is 16.0 Å². The Bertz CT molecular complexity index is 860. The number of hydrogen-bond donors (Lipinski definition) is 1. The van der Waals surface area contributed by atoms with E-state index in [0.29, 0.717) is 6.04 Å². The average Bonchev–Trinajstić information content (AvgIpc) is 3.10. The lowest BCUT2D eigenvalue weighted by Gasteiger charge is -2.05. The maximum Gasteiger partial charge on any atom is 0.261 e. The molecule has 5 heteroatoms. The summed E-state index contributed by atoms with van der Waals surface area (Å²) in [4.78, 5) is 17.8. The summed E-state index contributed by atoms with van der Waals surface area (Å²) in [5, 5.41) is 4.11. The molecule has 0 radical (unpaired) electrons. The third-order valence-electron chi connectivity index (χ3n) is 4.05. The van der Waals surface area contributed by atoms with Crippen molar-refractivity contribution in [3.8, 4) is 5.00 Å². The number of amides is 1. The minimum atomic E-state index is 0.0465. The number of thiophene rings is 1. The number of fused-ring (bicyclic) bond motifs is 1. The molecule has 1 aliphatic carbocycles. The lowest BCUT2D eigenvalue weighted by Crippen LogP contribution is -2.24. The van der Waals surface area contributed by atoms with Crippen LogP contribution in [-0.4, -0.2) is 21.5 Å². The molecule has 23 heavy (non-hydrogen) atoms. The van der Waals surface area contributed by atoms with Gasteiger partial charge < -0.3 is 5.32 Å². The van der Waals surface area contributed by atoms with Gasteiger partial charge in [-0.2, -0.15) is 0 Å². The van der Waals surface area contributed by atoms with E-state index in [-0.39, 0.29) is 5.91 Å². The normalized spacial score (nSPS) is 14.3. The van der Waals surface area contributed by atoms with Gasteiger partial charge in [0.25, 0.3) is 5.91 Å². The van der Waals surface area contributed by atoms with E-state index in [4.69, 9.17) is 4.98 Å². The molecule has 1 aromatic carbocycles. The van der Waals surface area contributed by atoms with Crippen LogP contribution >= 0.6 is 11.3 Å². The number of carbonyl (C=O) groups excluding carboxylic acids is 1. The Kier molecular flexibility index (Phi) is 3.65. The maximum atomic E-state index is 12.2. The minimum absolute atomic E-state index is 0.0465. The van der Waals surface area contributed by atoms with Gasteiger partial charge in [-0.25, -0.2) is 4.98 Å². The number of rotatable bonds is 5. The van der Waals surface area contributed by atoms with E-state index in [2.05, 4.69) is 22.9 Å². The van der Waals surface area contributed by atoms with Crippen molar-refractivity contribution in [2.75, 3.05) is 0 Å². The molecule has 4 rings (SSSR count). The molecule has 2 heterocycles. The Hall–Kier alpha value is -2.14. The number of carbonyl (C=O) groups is 1. The fourth-order valence-corrected chi connectivity index (χ4v) is 3.71. The number of hydrogen-bond acceptors (Lipinski definition) is 3. The largest absolute Gasteiger partial charge is 0.349 e. The fourth-order valence-electron chi connectivity index (χ4n) is 2.77.